The zero-order valence-electron chi connectivity index (χ0n) is 20.4. The SMILES string of the molecule is CC[C@@H](C)NC(=O)[C@H](CC)N(Cc1ccc(Cl)c(Cl)c1)C(=O)CN(c1cc(Cl)ccc1Cl)S(C)(=O)=O. The van der Waals surface area contributed by atoms with Crippen LogP contribution in [0.15, 0.2) is 36.4 Å². The summed E-state index contributed by atoms with van der Waals surface area (Å²) >= 11 is 24.5. The highest BCUT2D eigenvalue weighted by molar-refractivity contribution is 7.92. The van der Waals surface area contributed by atoms with Gasteiger partial charge in [0.2, 0.25) is 21.8 Å². The molecule has 0 aliphatic carbocycles. The Hall–Kier alpha value is -1.71. The van der Waals surface area contributed by atoms with Gasteiger partial charge in [0, 0.05) is 17.6 Å². The van der Waals surface area contributed by atoms with E-state index in [0.29, 0.717) is 28.5 Å². The second-order valence-electron chi connectivity index (χ2n) is 8.38. The van der Waals surface area contributed by atoms with Gasteiger partial charge in [0.05, 0.1) is 27.0 Å². The number of carbonyl (C=O) groups excluding carboxylic acids is 2. The number of hydrogen-bond acceptors (Lipinski definition) is 4. The Balaban J connectivity index is 2.51. The Bertz CT molecular complexity index is 1210. The molecule has 2 aromatic rings. The molecule has 0 saturated heterocycles. The molecular formula is C24H29Cl4N3O4S. The van der Waals surface area contributed by atoms with Crippen molar-refractivity contribution in [2.45, 2.75) is 52.2 Å². The monoisotopic (exact) mass is 595 g/mol. The Labute approximate surface area is 232 Å². The van der Waals surface area contributed by atoms with Crippen LogP contribution in [0.5, 0.6) is 0 Å². The summed E-state index contributed by atoms with van der Waals surface area (Å²) in [5.74, 6) is -0.944. The summed E-state index contributed by atoms with van der Waals surface area (Å²) in [5, 5.41) is 3.90. The lowest BCUT2D eigenvalue weighted by atomic mass is 10.1. The van der Waals surface area contributed by atoms with E-state index in [0.717, 1.165) is 10.6 Å². The zero-order valence-corrected chi connectivity index (χ0v) is 24.2. The molecule has 2 aromatic carbocycles. The van der Waals surface area contributed by atoms with Gasteiger partial charge in [-0.05, 0) is 55.7 Å². The van der Waals surface area contributed by atoms with E-state index >= 15 is 0 Å². The minimum atomic E-state index is -3.94. The molecular weight excluding hydrogens is 568 g/mol. The van der Waals surface area contributed by atoms with E-state index in [1.54, 1.807) is 25.1 Å². The highest BCUT2D eigenvalue weighted by atomic mass is 35.5. The lowest BCUT2D eigenvalue weighted by molar-refractivity contribution is -0.140. The van der Waals surface area contributed by atoms with Crippen molar-refractivity contribution in [2.75, 3.05) is 17.1 Å². The van der Waals surface area contributed by atoms with Crippen LogP contribution < -0.4 is 9.62 Å². The van der Waals surface area contributed by atoms with Crippen LogP contribution in [0.2, 0.25) is 20.1 Å². The average Bonchev–Trinajstić information content (AvgIpc) is 2.80. The fraction of sp³-hybridized carbons (Fsp3) is 0.417. The number of nitrogens with zero attached hydrogens (tertiary/aromatic N) is 2. The smallest absolute Gasteiger partial charge is 0.244 e. The molecule has 1 N–H and O–H groups in total. The van der Waals surface area contributed by atoms with Crippen LogP contribution in [0, 0.1) is 0 Å². The van der Waals surface area contributed by atoms with Crippen LogP contribution >= 0.6 is 46.4 Å². The van der Waals surface area contributed by atoms with E-state index in [4.69, 9.17) is 46.4 Å². The van der Waals surface area contributed by atoms with Gasteiger partial charge < -0.3 is 10.2 Å². The number of anilines is 1. The van der Waals surface area contributed by atoms with Gasteiger partial charge in [-0.25, -0.2) is 8.42 Å². The molecule has 36 heavy (non-hydrogen) atoms. The molecule has 198 valence electrons. The first-order valence-corrected chi connectivity index (χ1v) is 14.6. The van der Waals surface area contributed by atoms with Crippen molar-refractivity contribution >= 4 is 73.9 Å². The summed E-state index contributed by atoms with van der Waals surface area (Å²) in [6, 6.07) is 8.25. The molecule has 0 radical (unpaired) electrons. The van der Waals surface area contributed by atoms with E-state index in [9.17, 15) is 18.0 Å². The average molecular weight is 597 g/mol. The van der Waals surface area contributed by atoms with Crippen LogP contribution in [0.4, 0.5) is 5.69 Å². The molecule has 7 nitrogen and oxygen atoms in total. The molecule has 0 aromatic heterocycles. The summed E-state index contributed by atoms with van der Waals surface area (Å²) in [6.07, 6.45) is 1.97. The predicted octanol–water partition coefficient (Wildman–Crippen LogP) is 5.79. The van der Waals surface area contributed by atoms with Crippen molar-refractivity contribution in [2.24, 2.45) is 0 Å². The van der Waals surface area contributed by atoms with E-state index in [2.05, 4.69) is 5.32 Å². The van der Waals surface area contributed by atoms with Crippen molar-refractivity contribution in [1.82, 2.24) is 10.2 Å². The lowest BCUT2D eigenvalue weighted by Gasteiger charge is -2.33. The minimum absolute atomic E-state index is 0.00301. The van der Waals surface area contributed by atoms with Crippen LogP contribution in [-0.4, -0.2) is 50.0 Å². The maximum atomic E-state index is 13.7. The summed E-state index contributed by atoms with van der Waals surface area (Å²) in [6.45, 7) is 4.99. The number of amides is 2. The molecule has 0 heterocycles. The maximum absolute atomic E-state index is 13.7. The Morgan fingerprint density at radius 2 is 1.58 bits per heavy atom. The number of halogens is 4. The summed E-state index contributed by atoms with van der Waals surface area (Å²) in [7, 11) is -3.94. The molecule has 0 bridgehead atoms. The first-order valence-electron chi connectivity index (χ1n) is 11.2. The summed E-state index contributed by atoms with van der Waals surface area (Å²) in [4.78, 5) is 28.2. The van der Waals surface area contributed by atoms with Gasteiger partial charge in [-0.1, -0.05) is 66.3 Å². The predicted molar refractivity (Wildman–Crippen MR) is 148 cm³/mol. The molecule has 0 saturated carbocycles. The lowest BCUT2D eigenvalue weighted by Crippen LogP contribution is -2.53. The third-order valence-corrected chi connectivity index (χ3v) is 8.00. The number of benzene rings is 2. The molecule has 2 rings (SSSR count). The largest absolute Gasteiger partial charge is 0.352 e. The molecule has 2 atom stereocenters. The topological polar surface area (TPSA) is 86.8 Å². The van der Waals surface area contributed by atoms with Crippen molar-refractivity contribution in [3.05, 3.63) is 62.1 Å². The highest BCUT2D eigenvalue weighted by Crippen LogP contribution is 2.31. The molecule has 0 fully saturated rings. The minimum Gasteiger partial charge on any atom is -0.352 e. The Kier molecular flexibility index (Phi) is 11.2. The molecule has 2 amide bonds. The molecule has 0 aliphatic rings. The Morgan fingerprint density at radius 3 is 2.14 bits per heavy atom. The van der Waals surface area contributed by atoms with Crippen LogP contribution in [-0.2, 0) is 26.2 Å². The molecule has 0 aliphatic heterocycles. The molecule has 0 spiro atoms. The number of carbonyl (C=O) groups is 2. The standard InChI is InChI=1S/C24H29Cl4N3O4S/c1-5-15(3)29-24(33)21(6-2)30(13-16-7-9-18(26)20(28)11-16)23(32)14-31(36(4,34)35)22-12-17(25)8-10-19(22)27/h7-12,15,21H,5-6,13-14H2,1-4H3,(H,29,33)/t15-,21+/m1/s1. The van der Waals surface area contributed by atoms with Gasteiger partial charge in [0.1, 0.15) is 12.6 Å². The maximum Gasteiger partial charge on any atom is 0.244 e. The number of nitrogens with one attached hydrogen (secondary N) is 1. The van der Waals surface area contributed by atoms with Crippen molar-refractivity contribution in [3.8, 4) is 0 Å². The van der Waals surface area contributed by atoms with Crippen LogP contribution in [0.1, 0.15) is 39.2 Å². The van der Waals surface area contributed by atoms with E-state index in [1.165, 1.54) is 23.1 Å². The second kappa shape index (κ2) is 13.2. The third-order valence-electron chi connectivity index (χ3n) is 5.58. The first kappa shape index (κ1) is 30.5. The fourth-order valence-corrected chi connectivity index (χ4v) is 5.08. The van der Waals surface area contributed by atoms with Gasteiger partial charge in [-0.3, -0.25) is 13.9 Å². The number of hydrogen-bond donors (Lipinski definition) is 1. The van der Waals surface area contributed by atoms with Crippen molar-refractivity contribution in [1.29, 1.82) is 0 Å². The molecule has 0 unspecified atom stereocenters. The normalized spacial score (nSPS) is 13.1. The quantitative estimate of drug-likeness (QED) is 0.356. The van der Waals surface area contributed by atoms with E-state index in [-0.39, 0.29) is 34.2 Å². The molecule has 12 heteroatoms. The van der Waals surface area contributed by atoms with E-state index < -0.39 is 28.5 Å². The zero-order chi connectivity index (χ0) is 27.2. The number of rotatable bonds is 11. The Morgan fingerprint density at radius 1 is 0.944 bits per heavy atom. The number of sulfonamides is 1. The highest BCUT2D eigenvalue weighted by Gasteiger charge is 2.32. The van der Waals surface area contributed by atoms with Gasteiger partial charge >= 0.3 is 0 Å². The van der Waals surface area contributed by atoms with Gasteiger partial charge in [-0.2, -0.15) is 0 Å². The fourth-order valence-electron chi connectivity index (χ4n) is 3.47. The summed E-state index contributed by atoms with van der Waals surface area (Å²) in [5.41, 5.74) is 0.686. The van der Waals surface area contributed by atoms with Crippen LogP contribution in [0.3, 0.4) is 0 Å². The van der Waals surface area contributed by atoms with Crippen LogP contribution in [0.25, 0.3) is 0 Å². The first-order chi connectivity index (χ1) is 16.8. The second-order valence-corrected chi connectivity index (χ2v) is 11.9. The summed E-state index contributed by atoms with van der Waals surface area (Å²) < 4.78 is 26.3. The third kappa shape index (κ3) is 8.15. The van der Waals surface area contributed by atoms with E-state index in [1.807, 2.05) is 13.8 Å². The van der Waals surface area contributed by atoms with Crippen molar-refractivity contribution < 1.29 is 18.0 Å². The van der Waals surface area contributed by atoms with Gasteiger partial charge in [0.25, 0.3) is 0 Å². The van der Waals surface area contributed by atoms with Gasteiger partial charge in [-0.15, -0.1) is 0 Å². The van der Waals surface area contributed by atoms with Gasteiger partial charge in [0.15, 0.2) is 0 Å². The van der Waals surface area contributed by atoms with Crippen molar-refractivity contribution in [3.63, 3.8) is 0 Å².